The molecule has 84 valence electrons. The molecule has 16 heavy (non-hydrogen) atoms. The highest BCUT2D eigenvalue weighted by Gasteiger charge is 2.21. The molecule has 3 nitrogen and oxygen atoms in total. The summed E-state index contributed by atoms with van der Waals surface area (Å²) in [5.74, 6) is 1.04. The number of hydrogen-bond acceptors (Lipinski definition) is 3. The molecule has 0 radical (unpaired) electrons. The molecule has 2 aromatic rings. The van der Waals surface area contributed by atoms with Gasteiger partial charge in [0.25, 0.3) is 0 Å². The SMILES string of the molecule is Cc1ccc(-c2ncc3n2C(N)CCC3)s1. The molecule has 3 rings (SSSR count). The van der Waals surface area contributed by atoms with Crippen LogP contribution < -0.4 is 5.73 Å². The first-order valence-corrected chi connectivity index (χ1v) is 6.46. The topological polar surface area (TPSA) is 43.8 Å². The lowest BCUT2D eigenvalue weighted by molar-refractivity contribution is 0.418. The first-order chi connectivity index (χ1) is 7.75. The van der Waals surface area contributed by atoms with Gasteiger partial charge in [-0.15, -0.1) is 11.3 Å². The Balaban J connectivity index is 2.12. The van der Waals surface area contributed by atoms with E-state index >= 15 is 0 Å². The zero-order valence-corrected chi connectivity index (χ0v) is 10.1. The van der Waals surface area contributed by atoms with Gasteiger partial charge in [-0.2, -0.15) is 0 Å². The van der Waals surface area contributed by atoms with Crippen molar-refractivity contribution in [3.05, 3.63) is 28.9 Å². The summed E-state index contributed by atoms with van der Waals surface area (Å²) in [5, 5.41) is 0. The minimum absolute atomic E-state index is 0.101. The third-order valence-electron chi connectivity index (χ3n) is 3.10. The second kappa shape index (κ2) is 3.71. The summed E-state index contributed by atoms with van der Waals surface area (Å²) in [6, 6.07) is 4.27. The first kappa shape index (κ1) is 10.1. The van der Waals surface area contributed by atoms with Crippen LogP contribution in [0.4, 0.5) is 0 Å². The third kappa shape index (κ3) is 1.49. The lowest BCUT2D eigenvalue weighted by atomic mass is 10.1. The van der Waals surface area contributed by atoms with Crippen LogP contribution in [0.25, 0.3) is 10.7 Å². The van der Waals surface area contributed by atoms with Crippen LogP contribution in [0.5, 0.6) is 0 Å². The average Bonchev–Trinajstić information content (AvgIpc) is 2.84. The summed E-state index contributed by atoms with van der Waals surface area (Å²) in [4.78, 5) is 7.06. The summed E-state index contributed by atoms with van der Waals surface area (Å²) in [5.41, 5.74) is 7.44. The molecule has 0 aromatic carbocycles. The molecule has 3 heterocycles. The van der Waals surface area contributed by atoms with Gasteiger partial charge < -0.3 is 10.3 Å². The fourth-order valence-corrected chi connectivity index (χ4v) is 3.17. The second-order valence-corrected chi connectivity index (χ2v) is 5.60. The Morgan fingerprint density at radius 3 is 3.12 bits per heavy atom. The third-order valence-corrected chi connectivity index (χ3v) is 4.10. The van der Waals surface area contributed by atoms with Gasteiger partial charge in [0, 0.05) is 16.8 Å². The largest absolute Gasteiger partial charge is 0.312 e. The highest BCUT2D eigenvalue weighted by atomic mass is 32.1. The van der Waals surface area contributed by atoms with Crippen LogP contribution >= 0.6 is 11.3 Å². The molecule has 0 amide bonds. The predicted molar refractivity (Wildman–Crippen MR) is 66.4 cm³/mol. The molecule has 0 saturated carbocycles. The van der Waals surface area contributed by atoms with Crippen LogP contribution in [0.15, 0.2) is 18.3 Å². The number of nitrogens with two attached hydrogens (primary N) is 1. The number of nitrogens with zero attached hydrogens (tertiary/aromatic N) is 2. The van der Waals surface area contributed by atoms with Gasteiger partial charge in [0.15, 0.2) is 5.82 Å². The molecular formula is C12H15N3S. The molecule has 1 aliphatic heterocycles. The van der Waals surface area contributed by atoms with E-state index in [1.807, 2.05) is 6.20 Å². The molecule has 0 saturated heterocycles. The fourth-order valence-electron chi connectivity index (χ4n) is 2.31. The molecular weight excluding hydrogens is 218 g/mol. The van der Waals surface area contributed by atoms with Gasteiger partial charge in [0.2, 0.25) is 0 Å². The molecule has 0 spiro atoms. The van der Waals surface area contributed by atoms with Crippen LogP contribution in [-0.2, 0) is 6.42 Å². The summed E-state index contributed by atoms with van der Waals surface area (Å²) in [6.07, 6.45) is 5.41. The Kier molecular flexibility index (Phi) is 2.33. The van der Waals surface area contributed by atoms with E-state index in [0.29, 0.717) is 0 Å². The Hall–Kier alpha value is -1.13. The first-order valence-electron chi connectivity index (χ1n) is 5.64. The summed E-state index contributed by atoms with van der Waals surface area (Å²) < 4.78 is 2.20. The van der Waals surface area contributed by atoms with Crippen molar-refractivity contribution in [3.63, 3.8) is 0 Å². The van der Waals surface area contributed by atoms with E-state index in [2.05, 4.69) is 28.6 Å². The number of rotatable bonds is 1. The maximum atomic E-state index is 6.16. The Bertz CT molecular complexity index is 512. The van der Waals surface area contributed by atoms with Crippen LogP contribution in [0, 0.1) is 6.92 Å². The van der Waals surface area contributed by atoms with Gasteiger partial charge >= 0.3 is 0 Å². The Labute approximate surface area is 98.9 Å². The maximum absolute atomic E-state index is 6.16. The van der Waals surface area contributed by atoms with Gasteiger partial charge in [-0.1, -0.05) is 0 Å². The van der Waals surface area contributed by atoms with Crippen molar-refractivity contribution in [2.45, 2.75) is 32.4 Å². The van der Waals surface area contributed by atoms with Gasteiger partial charge in [-0.3, -0.25) is 0 Å². The highest BCUT2D eigenvalue weighted by molar-refractivity contribution is 7.15. The van der Waals surface area contributed by atoms with Gasteiger partial charge in [0.05, 0.1) is 11.0 Å². The second-order valence-electron chi connectivity index (χ2n) is 4.31. The van der Waals surface area contributed by atoms with E-state index < -0.39 is 0 Å². The monoisotopic (exact) mass is 233 g/mol. The highest BCUT2D eigenvalue weighted by Crippen LogP contribution is 2.32. The number of aromatic nitrogens is 2. The van der Waals surface area contributed by atoms with Gasteiger partial charge in [-0.25, -0.2) is 4.98 Å². The van der Waals surface area contributed by atoms with Crippen molar-refractivity contribution in [3.8, 4) is 10.7 Å². The van der Waals surface area contributed by atoms with Crippen molar-refractivity contribution in [2.75, 3.05) is 0 Å². The number of hydrogen-bond donors (Lipinski definition) is 1. The molecule has 4 heteroatoms. The normalized spacial score (nSPS) is 19.8. The van der Waals surface area contributed by atoms with Crippen LogP contribution in [-0.4, -0.2) is 9.55 Å². The molecule has 0 bridgehead atoms. The number of aryl methyl sites for hydroxylation is 2. The number of thiophene rings is 1. The maximum Gasteiger partial charge on any atom is 0.151 e. The minimum atomic E-state index is 0.101. The van der Waals surface area contributed by atoms with Crippen LogP contribution in [0.2, 0.25) is 0 Å². The lowest BCUT2D eigenvalue weighted by Crippen LogP contribution is -2.25. The zero-order valence-electron chi connectivity index (χ0n) is 9.31. The van der Waals surface area contributed by atoms with Crippen molar-refractivity contribution >= 4 is 11.3 Å². The molecule has 0 aliphatic carbocycles. The number of fused-ring (bicyclic) bond motifs is 1. The van der Waals surface area contributed by atoms with Crippen molar-refractivity contribution in [2.24, 2.45) is 5.73 Å². The van der Waals surface area contributed by atoms with E-state index in [0.717, 1.165) is 18.7 Å². The molecule has 1 atom stereocenters. The van der Waals surface area contributed by atoms with Gasteiger partial charge in [-0.05, 0) is 38.3 Å². The van der Waals surface area contributed by atoms with Crippen molar-refractivity contribution in [1.82, 2.24) is 9.55 Å². The minimum Gasteiger partial charge on any atom is -0.312 e. The molecule has 0 fully saturated rings. The molecule has 1 unspecified atom stereocenters. The van der Waals surface area contributed by atoms with E-state index in [1.165, 1.54) is 21.9 Å². The standard InChI is InChI=1S/C12H15N3S/c1-8-5-6-10(16-8)12-14-7-9-3-2-4-11(13)15(9)12/h5-7,11H,2-4,13H2,1H3. The van der Waals surface area contributed by atoms with Crippen molar-refractivity contribution < 1.29 is 0 Å². The predicted octanol–water partition coefficient (Wildman–Crippen LogP) is 2.71. The summed E-state index contributed by atoms with van der Waals surface area (Å²) >= 11 is 1.78. The number of imidazole rings is 1. The van der Waals surface area contributed by atoms with Gasteiger partial charge in [0.1, 0.15) is 0 Å². The van der Waals surface area contributed by atoms with Crippen LogP contribution in [0.1, 0.15) is 29.6 Å². The molecule has 1 aliphatic rings. The van der Waals surface area contributed by atoms with E-state index in [9.17, 15) is 0 Å². The lowest BCUT2D eigenvalue weighted by Gasteiger charge is -2.23. The molecule has 2 N–H and O–H groups in total. The smallest absolute Gasteiger partial charge is 0.151 e. The Morgan fingerprint density at radius 1 is 1.50 bits per heavy atom. The quantitative estimate of drug-likeness (QED) is 0.823. The average molecular weight is 233 g/mol. The molecule has 2 aromatic heterocycles. The zero-order chi connectivity index (χ0) is 11.1. The summed E-state index contributed by atoms with van der Waals surface area (Å²) in [6.45, 7) is 2.12. The fraction of sp³-hybridized carbons (Fsp3) is 0.417. The van der Waals surface area contributed by atoms with Crippen LogP contribution in [0.3, 0.4) is 0 Å². The van der Waals surface area contributed by atoms with E-state index in [-0.39, 0.29) is 6.17 Å². The Morgan fingerprint density at radius 2 is 2.38 bits per heavy atom. The van der Waals surface area contributed by atoms with Crippen molar-refractivity contribution in [1.29, 1.82) is 0 Å². The van der Waals surface area contributed by atoms with E-state index in [4.69, 9.17) is 5.73 Å². The van der Waals surface area contributed by atoms with E-state index in [1.54, 1.807) is 11.3 Å². The summed E-state index contributed by atoms with van der Waals surface area (Å²) in [7, 11) is 0.